The molecule has 0 radical (unpaired) electrons. The SMILES string of the molecule is CCCCCCCC/C=C\CCCCCCCCOCC(COP(=O)([O-])OCC[N+](C)(C)C)OC(=O)CCCCCCCCCCCCCCCC. The van der Waals surface area contributed by atoms with Gasteiger partial charge in [0.25, 0.3) is 7.82 Å². The summed E-state index contributed by atoms with van der Waals surface area (Å²) in [6, 6.07) is 0. The van der Waals surface area contributed by atoms with E-state index in [0.717, 1.165) is 32.1 Å². The molecule has 0 aliphatic heterocycles. The summed E-state index contributed by atoms with van der Waals surface area (Å²) in [5.74, 6) is -0.333. The number of likely N-dealkylation sites (N-methyl/N-ethyl adjacent to an activating group) is 1. The third-order valence-electron chi connectivity index (χ3n) is 9.57. The molecule has 0 aromatic carbocycles. The fourth-order valence-corrected chi connectivity index (χ4v) is 6.86. The lowest BCUT2D eigenvalue weighted by molar-refractivity contribution is -0.870. The highest BCUT2D eigenvalue weighted by atomic mass is 31.2. The number of phosphoric ester groups is 1. The molecule has 0 fully saturated rings. The van der Waals surface area contributed by atoms with Gasteiger partial charge >= 0.3 is 5.97 Å². The van der Waals surface area contributed by atoms with Crippen molar-refractivity contribution in [2.24, 2.45) is 0 Å². The minimum atomic E-state index is -4.52. The number of esters is 1. The summed E-state index contributed by atoms with van der Waals surface area (Å²) in [5, 5.41) is 0. The highest BCUT2D eigenvalue weighted by Crippen LogP contribution is 2.38. The smallest absolute Gasteiger partial charge is 0.306 e. The number of hydrogen-bond donors (Lipinski definition) is 0. The summed E-state index contributed by atoms with van der Waals surface area (Å²) >= 11 is 0. The molecule has 0 N–H and O–H groups in total. The molecule has 0 saturated carbocycles. The first-order valence-electron chi connectivity index (χ1n) is 21.9. The Morgan fingerprint density at radius 2 is 1.00 bits per heavy atom. The van der Waals surface area contributed by atoms with Crippen LogP contribution in [-0.4, -0.2) is 70.7 Å². The third-order valence-corrected chi connectivity index (χ3v) is 10.5. The minimum absolute atomic E-state index is 0.0281. The first kappa shape index (κ1) is 51.2. The van der Waals surface area contributed by atoms with Crippen molar-refractivity contribution in [1.29, 1.82) is 0 Å². The summed E-state index contributed by atoms with van der Waals surface area (Å²) < 4.78 is 34.6. The molecule has 0 spiro atoms. The molecule has 9 heteroatoms. The molecule has 0 aromatic rings. The van der Waals surface area contributed by atoms with Crippen molar-refractivity contribution in [1.82, 2.24) is 0 Å². The molecular formula is C43H86NO7P. The van der Waals surface area contributed by atoms with Crippen LogP contribution in [0.25, 0.3) is 0 Å². The summed E-state index contributed by atoms with van der Waals surface area (Å²) in [7, 11) is 1.36. The van der Waals surface area contributed by atoms with E-state index in [0.29, 0.717) is 24.1 Å². The summed E-state index contributed by atoms with van der Waals surface area (Å²) in [6.45, 7) is 5.42. The molecule has 0 amide bonds. The van der Waals surface area contributed by atoms with Crippen LogP contribution in [0.2, 0.25) is 0 Å². The Balaban J connectivity index is 4.22. The summed E-state index contributed by atoms with van der Waals surface area (Å²) in [4.78, 5) is 25.0. The Hall–Kier alpha value is -0.760. The van der Waals surface area contributed by atoms with E-state index in [2.05, 4.69) is 26.0 Å². The molecule has 0 heterocycles. The molecule has 0 aliphatic carbocycles. The van der Waals surface area contributed by atoms with Gasteiger partial charge in [-0.2, -0.15) is 0 Å². The van der Waals surface area contributed by atoms with Gasteiger partial charge in [-0.15, -0.1) is 0 Å². The molecule has 0 aliphatic rings. The highest BCUT2D eigenvalue weighted by molar-refractivity contribution is 7.45. The Morgan fingerprint density at radius 3 is 1.46 bits per heavy atom. The van der Waals surface area contributed by atoms with E-state index in [9.17, 15) is 14.3 Å². The normalized spacial score (nSPS) is 13.9. The lowest BCUT2D eigenvalue weighted by Gasteiger charge is -2.28. The Labute approximate surface area is 322 Å². The van der Waals surface area contributed by atoms with Crippen LogP contribution in [0.5, 0.6) is 0 Å². The number of phosphoric acid groups is 1. The number of nitrogens with zero attached hydrogens (tertiary/aromatic N) is 1. The fourth-order valence-electron chi connectivity index (χ4n) is 6.13. The van der Waals surface area contributed by atoms with Crippen molar-refractivity contribution in [2.45, 2.75) is 206 Å². The first-order valence-corrected chi connectivity index (χ1v) is 23.4. The lowest BCUT2D eigenvalue weighted by Crippen LogP contribution is -2.37. The van der Waals surface area contributed by atoms with E-state index in [4.69, 9.17) is 18.5 Å². The number of quaternary nitrogens is 1. The van der Waals surface area contributed by atoms with Gasteiger partial charge in [0.05, 0.1) is 34.4 Å². The molecular weight excluding hydrogens is 673 g/mol. The van der Waals surface area contributed by atoms with E-state index < -0.39 is 13.9 Å². The quantitative estimate of drug-likeness (QED) is 0.0201. The van der Waals surface area contributed by atoms with E-state index in [1.165, 1.54) is 148 Å². The average Bonchev–Trinajstić information content (AvgIpc) is 3.09. The number of allylic oxidation sites excluding steroid dienone is 2. The maximum Gasteiger partial charge on any atom is 0.306 e. The fraction of sp³-hybridized carbons (Fsp3) is 0.930. The van der Waals surface area contributed by atoms with Crippen LogP contribution < -0.4 is 4.89 Å². The van der Waals surface area contributed by atoms with Gasteiger partial charge in [-0.05, 0) is 38.5 Å². The van der Waals surface area contributed by atoms with E-state index >= 15 is 0 Å². The van der Waals surface area contributed by atoms with E-state index in [1.807, 2.05) is 21.1 Å². The molecule has 310 valence electrons. The van der Waals surface area contributed by atoms with Gasteiger partial charge in [-0.25, -0.2) is 0 Å². The maximum atomic E-state index is 12.7. The predicted octanol–water partition coefficient (Wildman–Crippen LogP) is 12.0. The Bertz CT molecular complexity index is 848. The zero-order valence-electron chi connectivity index (χ0n) is 35.0. The highest BCUT2D eigenvalue weighted by Gasteiger charge is 2.20. The van der Waals surface area contributed by atoms with Gasteiger partial charge < -0.3 is 27.9 Å². The van der Waals surface area contributed by atoms with Gasteiger partial charge in [0.2, 0.25) is 0 Å². The zero-order chi connectivity index (χ0) is 38.4. The second-order valence-corrected chi connectivity index (χ2v) is 17.5. The van der Waals surface area contributed by atoms with Crippen molar-refractivity contribution in [3.63, 3.8) is 0 Å². The second-order valence-electron chi connectivity index (χ2n) is 16.1. The van der Waals surface area contributed by atoms with Crippen molar-refractivity contribution in [3.05, 3.63) is 12.2 Å². The standard InChI is InChI=1S/C43H86NO7P/c1-6-8-10-12-14-16-18-20-22-23-25-27-29-31-33-35-38-48-40-42(41-50-52(46,47)49-39-37-44(3,4)5)51-43(45)36-34-32-30-28-26-24-21-19-17-15-13-11-9-7-2/h20,22,42H,6-19,21,23-41H2,1-5H3/b22-20-. The van der Waals surface area contributed by atoms with E-state index in [-0.39, 0.29) is 25.8 Å². The Kier molecular flexibility index (Phi) is 36.6. The van der Waals surface area contributed by atoms with Crippen LogP contribution in [-0.2, 0) is 27.9 Å². The largest absolute Gasteiger partial charge is 0.756 e. The summed E-state index contributed by atoms with van der Waals surface area (Å²) in [5.41, 5.74) is 0. The number of carbonyl (C=O) groups is 1. The number of hydrogen-bond acceptors (Lipinski definition) is 7. The zero-order valence-corrected chi connectivity index (χ0v) is 35.9. The molecule has 0 saturated heterocycles. The average molecular weight is 760 g/mol. The van der Waals surface area contributed by atoms with E-state index in [1.54, 1.807) is 0 Å². The molecule has 0 rings (SSSR count). The molecule has 0 bridgehead atoms. The van der Waals surface area contributed by atoms with Crippen LogP contribution in [0.4, 0.5) is 0 Å². The molecule has 0 aromatic heterocycles. The number of rotatable bonds is 41. The first-order chi connectivity index (χ1) is 25.1. The molecule has 52 heavy (non-hydrogen) atoms. The predicted molar refractivity (Wildman–Crippen MR) is 217 cm³/mol. The van der Waals surface area contributed by atoms with Crippen LogP contribution in [0, 0.1) is 0 Å². The molecule has 2 unspecified atom stereocenters. The molecule has 2 atom stereocenters. The topological polar surface area (TPSA) is 94.1 Å². The van der Waals surface area contributed by atoms with Gasteiger partial charge in [0, 0.05) is 13.0 Å². The van der Waals surface area contributed by atoms with Gasteiger partial charge in [0.1, 0.15) is 19.3 Å². The van der Waals surface area contributed by atoms with Crippen molar-refractivity contribution in [2.75, 3.05) is 54.1 Å². The second kappa shape index (κ2) is 37.2. The van der Waals surface area contributed by atoms with Crippen LogP contribution in [0.15, 0.2) is 12.2 Å². The number of carbonyl (C=O) groups excluding carboxylic acids is 1. The molecule has 8 nitrogen and oxygen atoms in total. The van der Waals surface area contributed by atoms with Crippen LogP contribution in [0.1, 0.15) is 200 Å². The number of unbranched alkanes of at least 4 members (excludes halogenated alkanes) is 25. The monoisotopic (exact) mass is 760 g/mol. The van der Waals surface area contributed by atoms with Crippen LogP contribution in [0.3, 0.4) is 0 Å². The minimum Gasteiger partial charge on any atom is -0.756 e. The van der Waals surface area contributed by atoms with Gasteiger partial charge in [-0.1, -0.05) is 167 Å². The maximum absolute atomic E-state index is 12.7. The summed E-state index contributed by atoms with van der Waals surface area (Å²) in [6.07, 6.45) is 39.3. The van der Waals surface area contributed by atoms with Gasteiger partial charge in [-0.3, -0.25) is 9.36 Å². The van der Waals surface area contributed by atoms with Crippen molar-refractivity contribution < 1.29 is 37.3 Å². The van der Waals surface area contributed by atoms with Gasteiger partial charge in [0.15, 0.2) is 0 Å². The Morgan fingerprint density at radius 1 is 0.577 bits per heavy atom. The lowest BCUT2D eigenvalue weighted by atomic mass is 10.0. The third kappa shape index (κ3) is 40.4. The van der Waals surface area contributed by atoms with Crippen LogP contribution >= 0.6 is 7.82 Å². The number of ether oxygens (including phenoxy) is 2. The van der Waals surface area contributed by atoms with Crippen molar-refractivity contribution >= 4 is 13.8 Å². The van der Waals surface area contributed by atoms with Crippen molar-refractivity contribution in [3.8, 4) is 0 Å².